The lowest BCUT2D eigenvalue weighted by Crippen LogP contribution is -2.37. The van der Waals surface area contributed by atoms with Crippen LogP contribution in [0.3, 0.4) is 0 Å². The van der Waals surface area contributed by atoms with Crippen molar-refractivity contribution in [3.05, 3.63) is 71.7 Å². The zero-order valence-electron chi connectivity index (χ0n) is 18.6. The normalized spacial score (nSPS) is 14.1. The number of morpholine rings is 1. The van der Waals surface area contributed by atoms with Crippen LogP contribution < -0.4 is 9.64 Å². The molecule has 0 spiro atoms. The molecule has 1 aliphatic heterocycles. The van der Waals surface area contributed by atoms with Crippen molar-refractivity contribution >= 4 is 11.6 Å². The van der Waals surface area contributed by atoms with Crippen LogP contribution in [0.15, 0.2) is 48.9 Å². The second kappa shape index (κ2) is 9.88. The third kappa shape index (κ3) is 4.77. The average Bonchev–Trinajstić information content (AvgIpc) is 3.21. The second-order valence-corrected chi connectivity index (χ2v) is 7.96. The Kier molecular flexibility index (Phi) is 6.51. The highest BCUT2D eigenvalue weighted by molar-refractivity contribution is 5.65. The van der Waals surface area contributed by atoms with Crippen molar-refractivity contribution in [2.24, 2.45) is 0 Å². The van der Waals surface area contributed by atoms with Gasteiger partial charge in [0.1, 0.15) is 17.2 Å². The van der Waals surface area contributed by atoms with Crippen molar-refractivity contribution in [1.29, 1.82) is 0 Å². The Balaban J connectivity index is 1.52. The van der Waals surface area contributed by atoms with Gasteiger partial charge in [-0.05, 0) is 6.07 Å². The molecule has 4 heterocycles. The van der Waals surface area contributed by atoms with Gasteiger partial charge in [-0.2, -0.15) is 8.78 Å². The molecule has 0 atom stereocenters. The van der Waals surface area contributed by atoms with Crippen LogP contribution in [0.5, 0.6) is 5.75 Å². The molecule has 4 aromatic rings. The van der Waals surface area contributed by atoms with Crippen LogP contribution in [-0.2, 0) is 17.8 Å². The Bertz CT molecular complexity index is 1320. The zero-order chi connectivity index (χ0) is 24.4. The van der Waals surface area contributed by atoms with Crippen LogP contribution in [0.4, 0.5) is 19.1 Å². The summed E-state index contributed by atoms with van der Waals surface area (Å²) in [7, 11) is 0. The van der Waals surface area contributed by atoms with E-state index in [9.17, 15) is 13.9 Å². The van der Waals surface area contributed by atoms with Gasteiger partial charge in [-0.3, -0.25) is 0 Å². The highest BCUT2D eigenvalue weighted by Crippen LogP contribution is 2.29. The number of aliphatic hydroxyl groups is 1. The minimum absolute atomic E-state index is 0.0239. The number of aliphatic hydroxyl groups excluding tert-OH is 1. The number of hydrogen-bond donors (Lipinski definition) is 1. The van der Waals surface area contributed by atoms with Gasteiger partial charge < -0.3 is 23.9 Å². The van der Waals surface area contributed by atoms with Gasteiger partial charge >= 0.3 is 6.61 Å². The molecular formula is C24H22F3N5O3. The minimum atomic E-state index is -2.98. The first kappa shape index (κ1) is 23.1. The first-order valence-electron chi connectivity index (χ1n) is 11.0. The molecule has 0 saturated carbocycles. The summed E-state index contributed by atoms with van der Waals surface area (Å²) >= 11 is 0. The predicted molar refractivity (Wildman–Crippen MR) is 121 cm³/mol. The molecular weight excluding hydrogens is 463 g/mol. The number of imidazole rings is 1. The maximum Gasteiger partial charge on any atom is 0.387 e. The Hall–Kier alpha value is -3.70. The summed E-state index contributed by atoms with van der Waals surface area (Å²) in [4.78, 5) is 15.1. The van der Waals surface area contributed by atoms with Gasteiger partial charge in [0.2, 0.25) is 5.95 Å². The Morgan fingerprint density at radius 1 is 1.11 bits per heavy atom. The predicted octanol–water partition coefficient (Wildman–Crippen LogP) is 3.45. The molecule has 182 valence electrons. The highest BCUT2D eigenvalue weighted by Gasteiger charge is 2.19. The fraction of sp³-hybridized carbons (Fsp3) is 0.292. The quantitative estimate of drug-likeness (QED) is 0.429. The van der Waals surface area contributed by atoms with E-state index >= 15 is 4.39 Å². The van der Waals surface area contributed by atoms with Gasteiger partial charge in [0.25, 0.3) is 0 Å². The molecule has 1 fully saturated rings. The van der Waals surface area contributed by atoms with E-state index in [2.05, 4.69) is 19.7 Å². The number of para-hydroxylation sites is 1. The third-order valence-electron chi connectivity index (χ3n) is 5.83. The van der Waals surface area contributed by atoms with Crippen LogP contribution in [0.2, 0.25) is 0 Å². The van der Waals surface area contributed by atoms with E-state index in [4.69, 9.17) is 4.74 Å². The van der Waals surface area contributed by atoms with Gasteiger partial charge in [0.05, 0.1) is 31.2 Å². The van der Waals surface area contributed by atoms with Gasteiger partial charge in [-0.25, -0.2) is 19.3 Å². The summed E-state index contributed by atoms with van der Waals surface area (Å²) in [5, 5.41) is 9.87. The molecule has 0 radical (unpaired) electrons. The number of hydrogen-bond acceptors (Lipinski definition) is 7. The van der Waals surface area contributed by atoms with Gasteiger partial charge in [0, 0.05) is 60.9 Å². The molecule has 8 nitrogen and oxygen atoms in total. The fourth-order valence-electron chi connectivity index (χ4n) is 4.12. The number of nitrogens with zero attached hydrogens (tertiary/aromatic N) is 5. The van der Waals surface area contributed by atoms with Crippen molar-refractivity contribution in [1.82, 2.24) is 19.4 Å². The standard InChI is InChI=1S/C24H22F3N5O3/c25-18-10-22-30-19(14-33)20(9-15-3-1-2-4-21(15)35-23(26)27)32(22)13-17(18)16-11-28-24(29-12-16)31-5-7-34-8-6-31/h1-4,10-13,23,33H,5-9,14H2. The van der Waals surface area contributed by atoms with E-state index in [-0.39, 0.29) is 23.4 Å². The molecule has 0 aliphatic carbocycles. The van der Waals surface area contributed by atoms with E-state index in [1.807, 2.05) is 4.90 Å². The molecule has 3 aromatic heterocycles. The summed E-state index contributed by atoms with van der Waals surface area (Å²) < 4.78 is 52.4. The number of rotatable bonds is 7. The number of benzene rings is 1. The maximum atomic E-state index is 15.0. The largest absolute Gasteiger partial charge is 0.435 e. The zero-order valence-corrected chi connectivity index (χ0v) is 18.6. The Morgan fingerprint density at radius 3 is 2.57 bits per heavy atom. The first-order valence-corrected chi connectivity index (χ1v) is 11.0. The Labute approximate surface area is 198 Å². The van der Waals surface area contributed by atoms with Gasteiger partial charge in [-0.1, -0.05) is 18.2 Å². The average molecular weight is 485 g/mol. The fourth-order valence-corrected chi connectivity index (χ4v) is 4.12. The lowest BCUT2D eigenvalue weighted by atomic mass is 10.1. The van der Waals surface area contributed by atoms with Crippen molar-refractivity contribution in [3.8, 4) is 16.9 Å². The molecule has 0 amide bonds. The number of fused-ring (bicyclic) bond motifs is 1. The van der Waals surface area contributed by atoms with Crippen LogP contribution >= 0.6 is 0 Å². The second-order valence-electron chi connectivity index (χ2n) is 7.96. The van der Waals surface area contributed by atoms with E-state index < -0.39 is 19.0 Å². The van der Waals surface area contributed by atoms with Crippen molar-refractivity contribution in [2.45, 2.75) is 19.6 Å². The van der Waals surface area contributed by atoms with E-state index in [0.717, 1.165) is 0 Å². The summed E-state index contributed by atoms with van der Waals surface area (Å²) in [6, 6.07) is 7.66. The smallest absolute Gasteiger partial charge is 0.387 e. The first-order chi connectivity index (χ1) is 17.0. The number of halogens is 3. The van der Waals surface area contributed by atoms with E-state index in [0.29, 0.717) is 54.8 Å². The van der Waals surface area contributed by atoms with E-state index in [1.54, 1.807) is 41.2 Å². The molecule has 1 aliphatic rings. The SMILES string of the molecule is OCc1nc2cc(F)c(-c3cnc(N4CCOCC4)nc3)cn2c1Cc1ccccc1OC(F)F. The molecule has 1 N–H and O–H groups in total. The summed E-state index contributed by atoms with van der Waals surface area (Å²) in [6.45, 7) is -0.825. The number of anilines is 1. The molecule has 1 saturated heterocycles. The van der Waals surface area contributed by atoms with Crippen LogP contribution in [0.25, 0.3) is 16.8 Å². The third-order valence-corrected chi connectivity index (χ3v) is 5.83. The maximum absolute atomic E-state index is 15.0. The van der Waals surface area contributed by atoms with Crippen molar-refractivity contribution < 1.29 is 27.8 Å². The minimum Gasteiger partial charge on any atom is -0.435 e. The monoisotopic (exact) mass is 485 g/mol. The summed E-state index contributed by atoms with van der Waals surface area (Å²) in [5.74, 6) is 0.0403. The highest BCUT2D eigenvalue weighted by atomic mass is 19.3. The molecule has 1 aromatic carbocycles. The molecule has 0 unspecified atom stereocenters. The Morgan fingerprint density at radius 2 is 1.86 bits per heavy atom. The lowest BCUT2D eigenvalue weighted by molar-refractivity contribution is -0.0504. The van der Waals surface area contributed by atoms with Gasteiger partial charge in [0.15, 0.2) is 0 Å². The molecule has 35 heavy (non-hydrogen) atoms. The van der Waals surface area contributed by atoms with Gasteiger partial charge in [-0.15, -0.1) is 0 Å². The van der Waals surface area contributed by atoms with E-state index in [1.165, 1.54) is 12.1 Å². The summed E-state index contributed by atoms with van der Waals surface area (Å²) in [5.41, 5.74) is 2.31. The molecule has 11 heteroatoms. The molecule has 0 bridgehead atoms. The van der Waals surface area contributed by atoms with Crippen molar-refractivity contribution in [3.63, 3.8) is 0 Å². The van der Waals surface area contributed by atoms with Crippen molar-refractivity contribution in [2.75, 3.05) is 31.2 Å². The number of ether oxygens (including phenoxy) is 2. The topological polar surface area (TPSA) is 85.0 Å². The number of aromatic nitrogens is 4. The summed E-state index contributed by atoms with van der Waals surface area (Å²) in [6.07, 6.45) is 4.79. The van der Waals surface area contributed by atoms with Crippen LogP contribution in [0, 0.1) is 5.82 Å². The molecule has 5 rings (SSSR count). The van der Waals surface area contributed by atoms with Crippen LogP contribution in [-0.4, -0.2) is 57.4 Å². The van der Waals surface area contributed by atoms with Crippen LogP contribution in [0.1, 0.15) is 17.0 Å². The number of alkyl halides is 2. The lowest BCUT2D eigenvalue weighted by Gasteiger charge is -2.26. The number of pyridine rings is 1.